The number of amides is 1. The first kappa shape index (κ1) is 18.3. The number of piperidine rings is 1. The molecule has 3 rings (SSSR count). The first-order valence-electron chi connectivity index (χ1n) is 9.29. The summed E-state index contributed by atoms with van der Waals surface area (Å²) >= 11 is 0. The van der Waals surface area contributed by atoms with Crippen LogP contribution in [0.5, 0.6) is 0 Å². The van der Waals surface area contributed by atoms with Gasteiger partial charge in [0.15, 0.2) is 0 Å². The summed E-state index contributed by atoms with van der Waals surface area (Å²) < 4.78 is 0. The molecule has 0 aromatic heterocycles. The van der Waals surface area contributed by atoms with Crippen molar-refractivity contribution >= 4 is 11.7 Å². The molecule has 0 saturated carbocycles. The molecule has 2 aromatic rings. The normalized spacial score (nSPS) is 17.8. The molecule has 0 radical (unpaired) electrons. The maximum absolute atomic E-state index is 12.6. The van der Waals surface area contributed by atoms with Gasteiger partial charge in [-0.05, 0) is 49.1 Å². The van der Waals surface area contributed by atoms with Crippen molar-refractivity contribution in [1.29, 1.82) is 0 Å². The van der Waals surface area contributed by atoms with Gasteiger partial charge in [-0.2, -0.15) is 0 Å². The van der Waals surface area contributed by atoms with Crippen LogP contribution in [0.4, 0.5) is 0 Å². The predicted molar refractivity (Wildman–Crippen MR) is 103 cm³/mol. The fourth-order valence-corrected chi connectivity index (χ4v) is 3.61. The lowest BCUT2D eigenvalue weighted by Gasteiger charge is -2.32. The number of hydrogen-bond acceptors (Lipinski definition) is 3. The molecule has 4 heteroatoms. The van der Waals surface area contributed by atoms with Crippen molar-refractivity contribution in [3.63, 3.8) is 0 Å². The first-order valence-corrected chi connectivity index (χ1v) is 9.29. The third-order valence-electron chi connectivity index (χ3n) is 5.11. The highest BCUT2D eigenvalue weighted by molar-refractivity contribution is 5.92. The standard InChI is InChI=1S/C22H26N2O2/c23-22(26)19-11-8-18(9-12-19)15-24-14-4-7-20(16-24)21(25)13-10-17-5-2-1-3-6-17/h1-3,5-6,8-9,11-12,20H,4,7,10,13-16H2,(H2,23,26)/t20-/m0/s1. The van der Waals surface area contributed by atoms with Crippen LogP contribution in [0.15, 0.2) is 54.6 Å². The Morgan fingerprint density at radius 3 is 2.42 bits per heavy atom. The third-order valence-corrected chi connectivity index (χ3v) is 5.11. The molecule has 1 saturated heterocycles. The maximum atomic E-state index is 12.6. The van der Waals surface area contributed by atoms with E-state index in [2.05, 4.69) is 17.0 Å². The van der Waals surface area contributed by atoms with E-state index in [1.165, 1.54) is 5.56 Å². The zero-order valence-electron chi connectivity index (χ0n) is 15.1. The minimum absolute atomic E-state index is 0.136. The van der Waals surface area contributed by atoms with Gasteiger partial charge in [-0.25, -0.2) is 0 Å². The predicted octanol–water partition coefficient (Wildman–Crippen LogP) is 3.20. The Morgan fingerprint density at radius 1 is 1.00 bits per heavy atom. The van der Waals surface area contributed by atoms with Gasteiger partial charge in [0, 0.05) is 31.0 Å². The lowest BCUT2D eigenvalue weighted by molar-refractivity contribution is -0.124. The molecule has 0 unspecified atom stereocenters. The molecule has 26 heavy (non-hydrogen) atoms. The maximum Gasteiger partial charge on any atom is 0.248 e. The van der Waals surface area contributed by atoms with Gasteiger partial charge in [-0.1, -0.05) is 42.5 Å². The average Bonchev–Trinajstić information content (AvgIpc) is 2.67. The number of primary amides is 1. The first-order chi connectivity index (χ1) is 12.6. The van der Waals surface area contributed by atoms with Crippen molar-refractivity contribution in [2.45, 2.75) is 32.2 Å². The van der Waals surface area contributed by atoms with Crippen LogP contribution in [0, 0.1) is 5.92 Å². The highest BCUT2D eigenvalue weighted by atomic mass is 16.1. The summed E-state index contributed by atoms with van der Waals surface area (Å²) in [4.78, 5) is 26.1. The Labute approximate surface area is 155 Å². The average molecular weight is 350 g/mol. The number of carbonyl (C=O) groups excluding carboxylic acids is 2. The van der Waals surface area contributed by atoms with Crippen LogP contribution in [0.2, 0.25) is 0 Å². The third kappa shape index (κ3) is 5.02. The minimum atomic E-state index is -0.404. The molecule has 1 atom stereocenters. The molecule has 1 amide bonds. The number of rotatable bonds is 7. The van der Waals surface area contributed by atoms with E-state index in [4.69, 9.17) is 5.73 Å². The quantitative estimate of drug-likeness (QED) is 0.834. The second kappa shape index (κ2) is 8.77. The molecule has 0 bridgehead atoms. The molecule has 0 aliphatic carbocycles. The molecule has 136 valence electrons. The Morgan fingerprint density at radius 2 is 1.73 bits per heavy atom. The van der Waals surface area contributed by atoms with Crippen molar-refractivity contribution in [3.8, 4) is 0 Å². The van der Waals surface area contributed by atoms with Crippen LogP contribution in [0.1, 0.15) is 40.7 Å². The number of likely N-dealkylation sites (tertiary alicyclic amines) is 1. The zero-order valence-corrected chi connectivity index (χ0v) is 15.1. The highest BCUT2D eigenvalue weighted by Crippen LogP contribution is 2.21. The fourth-order valence-electron chi connectivity index (χ4n) is 3.61. The van der Waals surface area contributed by atoms with Crippen molar-refractivity contribution in [2.75, 3.05) is 13.1 Å². The second-order valence-corrected chi connectivity index (χ2v) is 7.09. The number of hydrogen-bond donors (Lipinski definition) is 1. The summed E-state index contributed by atoms with van der Waals surface area (Å²) in [5, 5.41) is 0. The Hall–Kier alpha value is -2.46. The van der Waals surface area contributed by atoms with E-state index in [-0.39, 0.29) is 5.92 Å². The van der Waals surface area contributed by atoms with E-state index >= 15 is 0 Å². The smallest absolute Gasteiger partial charge is 0.248 e. The lowest BCUT2D eigenvalue weighted by atomic mass is 9.90. The number of ketones is 1. The molecule has 1 aliphatic heterocycles. The van der Waals surface area contributed by atoms with Gasteiger partial charge < -0.3 is 5.73 Å². The SMILES string of the molecule is NC(=O)c1ccc(CN2CCC[C@H](C(=O)CCc3ccccc3)C2)cc1. The monoisotopic (exact) mass is 350 g/mol. The van der Waals surface area contributed by atoms with E-state index < -0.39 is 5.91 Å². The lowest BCUT2D eigenvalue weighted by Crippen LogP contribution is -2.38. The van der Waals surface area contributed by atoms with Gasteiger partial charge in [-0.3, -0.25) is 14.5 Å². The molecule has 0 spiro atoms. The summed E-state index contributed by atoms with van der Waals surface area (Å²) in [5.41, 5.74) is 8.18. The second-order valence-electron chi connectivity index (χ2n) is 7.09. The number of aryl methyl sites for hydroxylation is 1. The molecular formula is C22H26N2O2. The van der Waals surface area contributed by atoms with Gasteiger partial charge >= 0.3 is 0 Å². The van der Waals surface area contributed by atoms with Crippen LogP contribution in [0.3, 0.4) is 0 Å². The highest BCUT2D eigenvalue weighted by Gasteiger charge is 2.25. The van der Waals surface area contributed by atoms with Crippen LogP contribution < -0.4 is 5.73 Å². The van der Waals surface area contributed by atoms with E-state index in [1.807, 2.05) is 30.3 Å². The van der Waals surface area contributed by atoms with E-state index in [0.717, 1.165) is 44.5 Å². The number of carbonyl (C=O) groups is 2. The van der Waals surface area contributed by atoms with Gasteiger partial charge in [0.05, 0.1) is 0 Å². The molecule has 1 fully saturated rings. The largest absolute Gasteiger partial charge is 0.366 e. The van der Waals surface area contributed by atoms with Crippen LogP contribution in [0.25, 0.3) is 0 Å². The summed E-state index contributed by atoms with van der Waals surface area (Å²) in [6.45, 7) is 2.65. The summed E-state index contributed by atoms with van der Waals surface area (Å²) in [5.74, 6) is 0.110. The molecule has 2 N–H and O–H groups in total. The van der Waals surface area contributed by atoms with E-state index in [1.54, 1.807) is 12.1 Å². The van der Waals surface area contributed by atoms with Gasteiger partial charge in [-0.15, -0.1) is 0 Å². The van der Waals surface area contributed by atoms with Crippen molar-refractivity contribution < 1.29 is 9.59 Å². The minimum Gasteiger partial charge on any atom is -0.366 e. The molecule has 4 nitrogen and oxygen atoms in total. The number of nitrogens with two attached hydrogens (primary N) is 1. The van der Waals surface area contributed by atoms with E-state index in [0.29, 0.717) is 17.8 Å². The Bertz CT molecular complexity index is 740. The Kier molecular flexibility index (Phi) is 6.18. The summed E-state index contributed by atoms with van der Waals surface area (Å²) in [7, 11) is 0. The van der Waals surface area contributed by atoms with Crippen LogP contribution in [-0.2, 0) is 17.8 Å². The zero-order chi connectivity index (χ0) is 18.4. The Balaban J connectivity index is 1.51. The van der Waals surface area contributed by atoms with Crippen LogP contribution >= 0.6 is 0 Å². The summed E-state index contributed by atoms with van der Waals surface area (Å²) in [6.07, 6.45) is 3.49. The number of benzene rings is 2. The summed E-state index contributed by atoms with van der Waals surface area (Å²) in [6, 6.07) is 17.6. The van der Waals surface area contributed by atoms with Gasteiger partial charge in [0.1, 0.15) is 5.78 Å². The van der Waals surface area contributed by atoms with Gasteiger partial charge in [0.25, 0.3) is 0 Å². The topological polar surface area (TPSA) is 63.4 Å². The number of nitrogens with zero attached hydrogens (tertiary/aromatic N) is 1. The van der Waals surface area contributed by atoms with E-state index in [9.17, 15) is 9.59 Å². The van der Waals surface area contributed by atoms with Gasteiger partial charge in [0.2, 0.25) is 5.91 Å². The van der Waals surface area contributed by atoms with Crippen LogP contribution in [-0.4, -0.2) is 29.7 Å². The molecule has 1 aliphatic rings. The fraction of sp³-hybridized carbons (Fsp3) is 0.364. The molecule has 1 heterocycles. The number of Topliss-reactive ketones (excluding diaryl/α,β-unsaturated/α-hetero) is 1. The van der Waals surface area contributed by atoms with Crippen molar-refractivity contribution in [3.05, 3.63) is 71.3 Å². The molecular weight excluding hydrogens is 324 g/mol. The molecule has 2 aromatic carbocycles. The van der Waals surface area contributed by atoms with Crippen molar-refractivity contribution in [1.82, 2.24) is 4.90 Å². The van der Waals surface area contributed by atoms with Crippen molar-refractivity contribution in [2.24, 2.45) is 11.7 Å².